The number of rotatable bonds is 12. The fraction of sp³-hybridized carbons (Fsp3) is 0.310. The number of para-hydroxylation sites is 1. The van der Waals surface area contributed by atoms with Crippen molar-refractivity contribution >= 4 is 50.7 Å². The van der Waals surface area contributed by atoms with Gasteiger partial charge in [0.25, 0.3) is 0 Å². The number of carbonyl (C=O) groups excluding carboxylic acids is 2. The van der Waals surface area contributed by atoms with Crippen molar-refractivity contribution in [3.63, 3.8) is 0 Å². The Balaban J connectivity index is 2.12. The van der Waals surface area contributed by atoms with E-state index >= 15 is 0 Å². The Bertz CT molecular complexity index is 1420. The van der Waals surface area contributed by atoms with Gasteiger partial charge in [0, 0.05) is 34.6 Å². The van der Waals surface area contributed by atoms with Gasteiger partial charge in [-0.1, -0.05) is 78.7 Å². The van der Waals surface area contributed by atoms with E-state index in [1.807, 2.05) is 44.2 Å². The molecule has 0 bridgehead atoms. The Hall–Kier alpha value is -3.14. The van der Waals surface area contributed by atoms with Crippen LogP contribution in [0.5, 0.6) is 0 Å². The Morgan fingerprint density at radius 1 is 0.950 bits per heavy atom. The molecule has 40 heavy (non-hydrogen) atoms. The Morgan fingerprint density at radius 3 is 2.12 bits per heavy atom. The molecule has 7 nitrogen and oxygen atoms in total. The summed E-state index contributed by atoms with van der Waals surface area (Å²) in [4.78, 5) is 29.0. The number of halogens is 3. The third-order valence-corrected chi connectivity index (χ3v) is 8.30. The number of amides is 2. The number of nitrogens with zero attached hydrogens (tertiary/aromatic N) is 2. The van der Waals surface area contributed by atoms with Crippen molar-refractivity contribution in [1.29, 1.82) is 0 Å². The molecular weight excluding hydrogens is 576 g/mol. The average Bonchev–Trinajstić information content (AvgIpc) is 2.91. The highest BCUT2D eigenvalue weighted by Crippen LogP contribution is 2.28. The van der Waals surface area contributed by atoms with Crippen molar-refractivity contribution in [1.82, 2.24) is 10.2 Å². The standard InChI is InChI=1S/C29H32Cl2FN3O4S/c1-4-20(2)33-29(37)27(17-21-11-6-5-7-12-21)34(18-22-23(30)13-10-14-24(22)31)28(36)19-35(40(3,38)39)26-16-9-8-15-25(26)32/h5-16,20,27H,4,17-19H2,1-3H3,(H,33,37)/t20-,27-/m0/s1. The van der Waals surface area contributed by atoms with E-state index in [9.17, 15) is 22.4 Å². The molecule has 0 aliphatic rings. The van der Waals surface area contributed by atoms with Crippen molar-refractivity contribution in [3.8, 4) is 0 Å². The maximum absolute atomic E-state index is 14.7. The minimum absolute atomic E-state index is 0.134. The molecule has 0 aliphatic heterocycles. The molecule has 0 fully saturated rings. The molecule has 3 aromatic rings. The molecule has 3 aromatic carbocycles. The lowest BCUT2D eigenvalue weighted by Gasteiger charge is -2.34. The van der Waals surface area contributed by atoms with Crippen molar-refractivity contribution < 1.29 is 22.4 Å². The van der Waals surface area contributed by atoms with Gasteiger partial charge in [-0.3, -0.25) is 13.9 Å². The summed E-state index contributed by atoms with van der Waals surface area (Å²) >= 11 is 12.9. The van der Waals surface area contributed by atoms with Crippen LogP contribution in [-0.4, -0.2) is 50.0 Å². The van der Waals surface area contributed by atoms with E-state index in [2.05, 4.69) is 5.32 Å². The summed E-state index contributed by atoms with van der Waals surface area (Å²) in [6.45, 7) is 2.83. The summed E-state index contributed by atoms with van der Waals surface area (Å²) in [6.07, 6.45) is 1.68. The Labute approximate surface area is 244 Å². The smallest absolute Gasteiger partial charge is 0.244 e. The van der Waals surface area contributed by atoms with Crippen LogP contribution in [0, 0.1) is 5.82 Å². The first-order valence-corrected chi connectivity index (χ1v) is 15.3. The van der Waals surface area contributed by atoms with Crippen LogP contribution in [0.3, 0.4) is 0 Å². The maximum atomic E-state index is 14.7. The SMILES string of the molecule is CC[C@H](C)NC(=O)[C@H](Cc1ccccc1)N(Cc1c(Cl)cccc1Cl)C(=O)CN(c1ccccc1F)S(C)(=O)=O. The largest absolute Gasteiger partial charge is 0.352 e. The molecule has 0 saturated heterocycles. The molecule has 1 N–H and O–H groups in total. The molecular formula is C29H32Cl2FN3O4S. The van der Waals surface area contributed by atoms with Crippen LogP contribution in [0.4, 0.5) is 10.1 Å². The fourth-order valence-electron chi connectivity index (χ4n) is 4.10. The zero-order valence-corrected chi connectivity index (χ0v) is 24.8. The number of hydrogen-bond donors (Lipinski definition) is 1. The number of sulfonamides is 1. The Kier molecular flexibility index (Phi) is 11.0. The van der Waals surface area contributed by atoms with Crippen molar-refractivity contribution in [2.45, 2.75) is 45.3 Å². The summed E-state index contributed by atoms with van der Waals surface area (Å²) in [5.74, 6) is -1.96. The Morgan fingerprint density at radius 2 is 1.55 bits per heavy atom. The van der Waals surface area contributed by atoms with Gasteiger partial charge >= 0.3 is 0 Å². The summed E-state index contributed by atoms with van der Waals surface area (Å²) in [5.41, 5.74) is 0.895. The zero-order chi connectivity index (χ0) is 29.4. The number of carbonyl (C=O) groups is 2. The van der Waals surface area contributed by atoms with Gasteiger partial charge in [-0.15, -0.1) is 0 Å². The lowest BCUT2D eigenvalue weighted by atomic mass is 10.0. The molecule has 11 heteroatoms. The van der Waals surface area contributed by atoms with Crippen LogP contribution >= 0.6 is 23.2 Å². The van der Waals surface area contributed by atoms with E-state index in [-0.39, 0.29) is 34.7 Å². The summed E-state index contributed by atoms with van der Waals surface area (Å²) in [7, 11) is -4.09. The lowest BCUT2D eigenvalue weighted by molar-refractivity contribution is -0.140. The summed E-state index contributed by atoms with van der Waals surface area (Å²) < 4.78 is 40.9. The number of benzene rings is 3. The van der Waals surface area contributed by atoms with Gasteiger partial charge in [0.05, 0.1) is 11.9 Å². The first-order valence-electron chi connectivity index (χ1n) is 12.7. The van der Waals surface area contributed by atoms with Crippen molar-refractivity contribution in [3.05, 3.63) is 99.8 Å². The third kappa shape index (κ3) is 8.19. The average molecular weight is 609 g/mol. The first-order chi connectivity index (χ1) is 18.9. The van der Waals surface area contributed by atoms with E-state index in [1.165, 1.54) is 23.1 Å². The van der Waals surface area contributed by atoms with Crippen LogP contribution in [-0.2, 0) is 32.6 Å². The monoisotopic (exact) mass is 607 g/mol. The molecule has 0 radical (unpaired) electrons. The molecule has 0 unspecified atom stereocenters. The van der Waals surface area contributed by atoms with E-state index in [4.69, 9.17) is 23.2 Å². The van der Waals surface area contributed by atoms with Gasteiger partial charge in [-0.2, -0.15) is 0 Å². The predicted molar refractivity (Wildman–Crippen MR) is 157 cm³/mol. The molecule has 0 heterocycles. The van der Waals surface area contributed by atoms with Crippen LogP contribution < -0.4 is 9.62 Å². The van der Waals surface area contributed by atoms with Crippen LogP contribution in [0.15, 0.2) is 72.8 Å². The molecule has 0 aliphatic carbocycles. The molecule has 2 atom stereocenters. The highest BCUT2D eigenvalue weighted by molar-refractivity contribution is 7.92. The molecule has 214 valence electrons. The molecule has 0 aromatic heterocycles. The highest BCUT2D eigenvalue weighted by Gasteiger charge is 2.34. The number of anilines is 1. The second kappa shape index (κ2) is 14.0. The van der Waals surface area contributed by atoms with E-state index < -0.39 is 40.2 Å². The van der Waals surface area contributed by atoms with E-state index in [0.29, 0.717) is 16.3 Å². The van der Waals surface area contributed by atoms with Crippen LogP contribution in [0.2, 0.25) is 10.0 Å². The van der Waals surface area contributed by atoms with E-state index in [1.54, 1.807) is 18.2 Å². The lowest BCUT2D eigenvalue weighted by Crippen LogP contribution is -2.54. The number of nitrogens with one attached hydrogen (secondary N) is 1. The molecule has 0 spiro atoms. The van der Waals surface area contributed by atoms with Gasteiger partial charge in [0.15, 0.2) is 0 Å². The minimum Gasteiger partial charge on any atom is -0.352 e. The second-order valence-corrected chi connectivity index (χ2v) is 12.2. The van der Waals surface area contributed by atoms with Gasteiger partial charge in [-0.05, 0) is 43.2 Å². The maximum Gasteiger partial charge on any atom is 0.244 e. The zero-order valence-electron chi connectivity index (χ0n) is 22.5. The summed E-state index contributed by atoms with van der Waals surface area (Å²) in [6, 6.07) is 18.0. The van der Waals surface area contributed by atoms with Gasteiger partial charge < -0.3 is 10.2 Å². The fourth-order valence-corrected chi connectivity index (χ4v) is 5.46. The second-order valence-electron chi connectivity index (χ2n) is 9.47. The van der Waals surface area contributed by atoms with Crippen LogP contribution in [0.1, 0.15) is 31.4 Å². The highest BCUT2D eigenvalue weighted by atomic mass is 35.5. The third-order valence-electron chi connectivity index (χ3n) is 6.46. The minimum atomic E-state index is -4.09. The topological polar surface area (TPSA) is 86.8 Å². The van der Waals surface area contributed by atoms with Gasteiger partial charge in [0.2, 0.25) is 21.8 Å². The molecule has 2 amide bonds. The van der Waals surface area contributed by atoms with Gasteiger partial charge in [0.1, 0.15) is 18.4 Å². The first kappa shape index (κ1) is 31.4. The number of hydrogen-bond acceptors (Lipinski definition) is 4. The molecule has 0 saturated carbocycles. The van der Waals surface area contributed by atoms with E-state index in [0.717, 1.165) is 17.9 Å². The molecule has 3 rings (SSSR count). The van der Waals surface area contributed by atoms with Crippen LogP contribution in [0.25, 0.3) is 0 Å². The predicted octanol–water partition coefficient (Wildman–Crippen LogP) is 5.45. The van der Waals surface area contributed by atoms with Crippen molar-refractivity contribution in [2.75, 3.05) is 17.1 Å². The normalized spacial score (nSPS) is 12.8. The van der Waals surface area contributed by atoms with Crippen molar-refractivity contribution in [2.24, 2.45) is 0 Å². The summed E-state index contributed by atoms with van der Waals surface area (Å²) in [5, 5.41) is 3.49. The van der Waals surface area contributed by atoms with Gasteiger partial charge in [-0.25, -0.2) is 12.8 Å². The quantitative estimate of drug-likeness (QED) is 0.296.